The van der Waals surface area contributed by atoms with E-state index < -0.39 is 10.2 Å². The van der Waals surface area contributed by atoms with Crippen molar-refractivity contribution in [3.05, 3.63) is 22.4 Å². The highest BCUT2D eigenvalue weighted by molar-refractivity contribution is 7.87. The van der Waals surface area contributed by atoms with Crippen LogP contribution in [-0.2, 0) is 14.9 Å². The van der Waals surface area contributed by atoms with Gasteiger partial charge in [0.2, 0.25) is 0 Å². The second-order valence-electron chi connectivity index (χ2n) is 6.22. The third-order valence-corrected chi connectivity index (χ3v) is 6.58. The van der Waals surface area contributed by atoms with Gasteiger partial charge < -0.3 is 4.74 Å². The van der Waals surface area contributed by atoms with E-state index in [9.17, 15) is 8.42 Å². The molecule has 0 aliphatic carbocycles. The fourth-order valence-corrected chi connectivity index (χ4v) is 5.26. The van der Waals surface area contributed by atoms with Crippen LogP contribution in [0.3, 0.4) is 0 Å². The fourth-order valence-electron chi connectivity index (χ4n) is 3.19. The Balaban J connectivity index is 2.07. The van der Waals surface area contributed by atoms with Crippen LogP contribution in [0.1, 0.15) is 39.3 Å². The number of morpholine rings is 1. The molecule has 138 valence electrons. The van der Waals surface area contributed by atoms with E-state index in [0.717, 1.165) is 18.7 Å². The van der Waals surface area contributed by atoms with Gasteiger partial charge in [0.15, 0.2) is 0 Å². The summed E-state index contributed by atoms with van der Waals surface area (Å²) in [4.78, 5) is 2.27. The van der Waals surface area contributed by atoms with Crippen molar-refractivity contribution in [2.45, 2.75) is 45.9 Å². The smallest absolute Gasteiger partial charge is 0.279 e. The summed E-state index contributed by atoms with van der Waals surface area (Å²) in [7, 11) is -3.51. The van der Waals surface area contributed by atoms with Crippen molar-refractivity contribution in [3.63, 3.8) is 0 Å². The Morgan fingerprint density at radius 2 is 1.96 bits per heavy atom. The molecule has 0 saturated carbocycles. The van der Waals surface area contributed by atoms with Crippen LogP contribution in [0, 0.1) is 0 Å². The van der Waals surface area contributed by atoms with Crippen LogP contribution in [-0.4, -0.2) is 62.6 Å². The van der Waals surface area contributed by atoms with E-state index in [-0.39, 0.29) is 18.2 Å². The van der Waals surface area contributed by atoms with Gasteiger partial charge in [-0.15, -0.1) is 0 Å². The molecular formula is C16H29N3O3S2. The van der Waals surface area contributed by atoms with E-state index >= 15 is 0 Å². The zero-order chi connectivity index (χ0) is 17.7. The lowest BCUT2D eigenvalue weighted by Gasteiger charge is -2.35. The van der Waals surface area contributed by atoms with Gasteiger partial charge in [-0.3, -0.25) is 4.90 Å². The zero-order valence-electron chi connectivity index (χ0n) is 14.9. The number of hydrogen-bond donors (Lipinski definition) is 1. The normalized spacial score (nSPS) is 24.4. The van der Waals surface area contributed by atoms with Crippen molar-refractivity contribution in [2.75, 3.05) is 32.7 Å². The fraction of sp³-hybridized carbons (Fsp3) is 0.750. The molecule has 1 N–H and O–H groups in total. The number of rotatable bonds is 8. The minimum atomic E-state index is -3.51. The van der Waals surface area contributed by atoms with Crippen molar-refractivity contribution in [2.24, 2.45) is 0 Å². The summed E-state index contributed by atoms with van der Waals surface area (Å²) in [5.41, 5.74) is 1.16. The van der Waals surface area contributed by atoms with Gasteiger partial charge in [-0.05, 0) is 49.3 Å². The molecule has 0 bridgehead atoms. The number of ether oxygens (including phenoxy) is 1. The molecule has 0 spiro atoms. The Hall–Kier alpha value is -0.510. The molecule has 1 aromatic heterocycles. The molecule has 2 heterocycles. The van der Waals surface area contributed by atoms with E-state index in [4.69, 9.17) is 4.74 Å². The molecular weight excluding hydrogens is 346 g/mol. The summed E-state index contributed by atoms with van der Waals surface area (Å²) >= 11 is 1.64. The number of thiophene rings is 1. The highest BCUT2D eigenvalue weighted by atomic mass is 32.2. The molecule has 0 radical (unpaired) electrons. The first-order chi connectivity index (χ1) is 11.4. The predicted octanol–water partition coefficient (Wildman–Crippen LogP) is 2.07. The second kappa shape index (κ2) is 8.73. The van der Waals surface area contributed by atoms with Crippen LogP contribution in [0.5, 0.6) is 0 Å². The Morgan fingerprint density at radius 1 is 1.33 bits per heavy atom. The molecule has 0 amide bonds. The van der Waals surface area contributed by atoms with E-state index in [1.807, 2.05) is 19.2 Å². The van der Waals surface area contributed by atoms with Gasteiger partial charge in [0, 0.05) is 25.7 Å². The summed E-state index contributed by atoms with van der Waals surface area (Å²) in [5.74, 6) is 0. The van der Waals surface area contributed by atoms with Crippen LogP contribution >= 0.6 is 11.3 Å². The minimum absolute atomic E-state index is 0.0527. The maximum Gasteiger partial charge on any atom is 0.279 e. The molecule has 0 unspecified atom stereocenters. The number of nitrogens with one attached hydrogen (secondary N) is 1. The lowest BCUT2D eigenvalue weighted by Crippen LogP contribution is -2.53. The highest BCUT2D eigenvalue weighted by Gasteiger charge is 2.31. The third kappa shape index (κ3) is 5.00. The Bertz CT molecular complexity index is 578. The number of likely N-dealkylation sites (N-methyl/N-ethyl adjacent to an activating group) is 1. The van der Waals surface area contributed by atoms with E-state index in [1.54, 1.807) is 11.3 Å². The molecule has 2 rings (SSSR count). The Kier molecular flexibility index (Phi) is 7.21. The maximum atomic E-state index is 12.7. The quantitative estimate of drug-likeness (QED) is 0.756. The van der Waals surface area contributed by atoms with Crippen molar-refractivity contribution < 1.29 is 13.2 Å². The molecule has 1 fully saturated rings. The first-order valence-electron chi connectivity index (χ1n) is 8.53. The van der Waals surface area contributed by atoms with Crippen LogP contribution in [0.4, 0.5) is 0 Å². The molecule has 1 aliphatic rings. The predicted molar refractivity (Wildman–Crippen MR) is 98.5 cm³/mol. The molecule has 0 aromatic carbocycles. The highest BCUT2D eigenvalue weighted by Crippen LogP contribution is 2.23. The Morgan fingerprint density at radius 3 is 2.46 bits per heavy atom. The van der Waals surface area contributed by atoms with Gasteiger partial charge in [-0.25, -0.2) is 4.72 Å². The van der Waals surface area contributed by atoms with Crippen LogP contribution in [0.25, 0.3) is 0 Å². The van der Waals surface area contributed by atoms with Crippen LogP contribution < -0.4 is 4.72 Å². The molecule has 1 saturated heterocycles. The van der Waals surface area contributed by atoms with Gasteiger partial charge in [0.05, 0.1) is 12.2 Å². The Labute approximate surface area is 150 Å². The standard InChI is InChI=1S/C16H29N3O3S2/c1-5-18(6-2)16(15-7-8-23-12-15)9-17-24(20,21)19-10-13(3)22-14(4)11-19/h7-8,12-14,16-17H,5-6,9-11H2,1-4H3/t13-,14-,16+/m0/s1. The average molecular weight is 376 g/mol. The molecule has 1 aromatic rings. The molecule has 3 atom stereocenters. The van der Waals surface area contributed by atoms with E-state index in [0.29, 0.717) is 19.6 Å². The van der Waals surface area contributed by atoms with Gasteiger partial charge in [-0.2, -0.15) is 24.1 Å². The first kappa shape index (κ1) is 19.8. The summed E-state index contributed by atoms with van der Waals surface area (Å²) in [6, 6.07) is 2.12. The van der Waals surface area contributed by atoms with Crippen LogP contribution in [0.2, 0.25) is 0 Å². The van der Waals surface area contributed by atoms with Crippen LogP contribution in [0.15, 0.2) is 16.8 Å². The minimum Gasteiger partial charge on any atom is -0.373 e. The van der Waals surface area contributed by atoms with Crippen molar-refractivity contribution in [1.82, 2.24) is 13.9 Å². The van der Waals surface area contributed by atoms with Crippen molar-refractivity contribution >= 4 is 21.5 Å². The molecule has 8 heteroatoms. The summed E-state index contributed by atoms with van der Waals surface area (Å²) in [5, 5.41) is 4.13. The van der Waals surface area contributed by atoms with E-state index in [1.165, 1.54) is 4.31 Å². The largest absolute Gasteiger partial charge is 0.373 e. The van der Waals surface area contributed by atoms with E-state index in [2.05, 4.69) is 34.9 Å². The molecule has 6 nitrogen and oxygen atoms in total. The maximum absolute atomic E-state index is 12.7. The molecule has 1 aliphatic heterocycles. The summed E-state index contributed by atoms with van der Waals surface area (Å²) in [6.45, 7) is 10.9. The lowest BCUT2D eigenvalue weighted by molar-refractivity contribution is -0.0444. The summed E-state index contributed by atoms with van der Waals surface area (Å²) in [6.07, 6.45) is -0.165. The summed E-state index contributed by atoms with van der Waals surface area (Å²) < 4.78 is 35.3. The van der Waals surface area contributed by atoms with Gasteiger partial charge in [0.1, 0.15) is 0 Å². The number of hydrogen-bond acceptors (Lipinski definition) is 5. The van der Waals surface area contributed by atoms with Gasteiger partial charge in [0.25, 0.3) is 10.2 Å². The monoisotopic (exact) mass is 375 g/mol. The zero-order valence-corrected chi connectivity index (χ0v) is 16.6. The first-order valence-corrected chi connectivity index (χ1v) is 10.9. The SMILES string of the molecule is CCN(CC)[C@H](CNS(=O)(=O)N1C[C@H](C)O[C@@H](C)C1)c1ccsc1. The van der Waals surface area contributed by atoms with Crippen molar-refractivity contribution in [1.29, 1.82) is 0 Å². The lowest BCUT2D eigenvalue weighted by atomic mass is 10.1. The third-order valence-electron chi connectivity index (χ3n) is 4.37. The average Bonchev–Trinajstić information content (AvgIpc) is 3.04. The second-order valence-corrected chi connectivity index (χ2v) is 8.76. The van der Waals surface area contributed by atoms with Gasteiger partial charge in [-0.1, -0.05) is 13.8 Å². The number of nitrogens with zero attached hydrogens (tertiary/aromatic N) is 2. The molecule has 24 heavy (non-hydrogen) atoms. The topological polar surface area (TPSA) is 61.9 Å². The van der Waals surface area contributed by atoms with Gasteiger partial charge >= 0.3 is 0 Å². The van der Waals surface area contributed by atoms with Crippen molar-refractivity contribution in [3.8, 4) is 0 Å².